The Morgan fingerprint density at radius 2 is 1.50 bits per heavy atom. The highest BCUT2D eigenvalue weighted by Gasteiger charge is 2.29. The quantitative estimate of drug-likeness (QED) is 0.439. The summed E-state index contributed by atoms with van der Waals surface area (Å²) >= 11 is 0. The molecule has 0 spiro atoms. The highest BCUT2D eigenvalue weighted by atomic mass is 16.6. The topological polar surface area (TPSA) is 18.5 Å². The average Bonchev–Trinajstić information content (AvgIpc) is 2.70. The molecule has 1 aromatic rings. The molecule has 1 saturated heterocycles. The first-order chi connectivity index (χ1) is 12.8. The van der Waals surface area contributed by atoms with E-state index in [1.54, 1.807) is 0 Å². The highest BCUT2D eigenvalue weighted by Crippen LogP contribution is 2.37. The second-order valence-electron chi connectivity index (χ2n) is 8.53. The predicted octanol–water partition coefficient (Wildman–Crippen LogP) is 5.70. The lowest BCUT2D eigenvalue weighted by atomic mass is 9.74. The third-order valence-electron chi connectivity index (χ3n) is 6.41. The second-order valence-corrected chi connectivity index (χ2v) is 8.53. The van der Waals surface area contributed by atoms with Gasteiger partial charge < -0.3 is 9.31 Å². The van der Waals surface area contributed by atoms with E-state index in [1.165, 1.54) is 75.2 Å². The summed E-state index contributed by atoms with van der Waals surface area (Å²) in [6.45, 7) is 6.26. The molecule has 0 aromatic heterocycles. The molecule has 0 unspecified atom stereocenters. The van der Waals surface area contributed by atoms with Gasteiger partial charge in [-0.1, -0.05) is 70.2 Å². The molecule has 144 valence electrons. The Bertz CT molecular complexity index is 499. The van der Waals surface area contributed by atoms with Gasteiger partial charge in [-0.2, -0.15) is 0 Å². The summed E-state index contributed by atoms with van der Waals surface area (Å²) in [5.41, 5.74) is 2.69. The Morgan fingerprint density at radius 1 is 0.808 bits per heavy atom. The SMILES string of the molecule is CCCCCC1COB(c2ccc(C3CCC(CCC)CC3)cc2)OC1. The summed E-state index contributed by atoms with van der Waals surface area (Å²) in [6.07, 6.45) is 13.4. The molecular weight excluding hydrogens is 319 g/mol. The van der Waals surface area contributed by atoms with Crippen LogP contribution in [-0.2, 0) is 9.31 Å². The van der Waals surface area contributed by atoms with Crippen molar-refractivity contribution in [3.05, 3.63) is 29.8 Å². The largest absolute Gasteiger partial charge is 0.493 e. The molecule has 1 heterocycles. The van der Waals surface area contributed by atoms with E-state index in [0.717, 1.165) is 25.0 Å². The van der Waals surface area contributed by atoms with Crippen molar-refractivity contribution >= 4 is 12.6 Å². The van der Waals surface area contributed by atoms with Gasteiger partial charge in [0, 0.05) is 19.1 Å². The molecule has 3 heteroatoms. The minimum absolute atomic E-state index is 0.160. The van der Waals surface area contributed by atoms with Crippen LogP contribution in [0.5, 0.6) is 0 Å². The molecule has 2 aliphatic rings. The molecule has 0 amide bonds. The zero-order valence-corrected chi connectivity index (χ0v) is 16.9. The van der Waals surface area contributed by atoms with Crippen molar-refractivity contribution in [2.75, 3.05) is 13.2 Å². The van der Waals surface area contributed by atoms with Crippen molar-refractivity contribution in [1.29, 1.82) is 0 Å². The van der Waals surface area contributed by atoms with Crippen LogP contribution in [0, 0.1) is 11.8 Å². The lowest BCUT2D eigenvalue weighted by Gasteiger charge is -2.29. The van der Waals surface area contributed by atoms with E-state index in [0.29, 0.717) is 5.92 Å². The first kappa shape index (κ1) is 20.0. The zero-order chi connectivity index (χ0) is 18.2. The summed E-state index contributed by atoms with van der Waals surface area (Å²) < 4.78 is 12.0. The maximum Gasteiger partial charge on any atom is 0.493 e. The van der Waals surface area contributed by atoms with Crippen molar-refractivity contribution in [2.24, 2.45) is 11.8 Å². The fourth-order valence-corrected chi connectivity index (χ4v) is 4.70. The third-order valence-corrected chi connectivity index (χ3v) is 6.41. The van der Waals surface area contributed by atoms with E-state index in [2.05, 4.69) is 38.1 Å². The average molecular weight is 356 g/mol. The van der Waals surface area contributed by atoms with Crippen molar-refractivity contribution in [2.45, 2.75) is 84.0 Å². The van der Waals surface area contributed by atoms with Crippen LogP contribution >= 0.6 is 0 Å². The van der Waals surface area contributed by atoms with Crippen molar-refractivity contribution in [3.63, 3.8) is 0 Å². The Hall–Kier alpha value is -0.795. The van der Waals surface area contributed by atoms with Crippen molar-refractivity contribution < 1.29 is 9.31 Å². The van der Waals surface area contributed by atoms with Crippen LogP contribution in [0.15, 0.2) is 24.3 Å². The summed E-state index contributed by atoms with van der Waals surface area (Å²) in [6, 6.07) is 9.10. The third kappa shape index (κ3) is 5.60. The van der Waals surface area contributed by atoms with E-state index in [1.807, 2.05) is 0 Å². The Kier molecular flexibility index (Phi) is 8.07. The van der Waals surface area contributed by atoms with Gasteiger partial charge in [-0.15, -0.1) is 0 Å². The monoisotopic (exact) mass is 356 g/mol. The summed E-state index contributed by atoms with van der Waals surface area (Å²) in [7, 11) is -0.160. The van der Waals surface area contributed by atoms with Gasteiger partial charge in [0.2, 0.25) is 0 Å². The molecule has 0 atom stereocenters. The van der Waals surface area contributed by atoms with Gasteiger partial charge in [0.25, 0.3) is 0 Å². The summed E-state index contributed by atoms with van der Waals surface area (Å²) in [5.74, 6) is 2.31. The number of hydrogen-bond donors (Lipinski definition) is 0. The summed E-state index contributed by atoms with van der Waals surface area (Å²) in [5, 5.41) is 0. The molecular formula is C23H37BO2. The van der Waals surface area contributed by atoms with Crippen LogP contribution in [0.25, 0.3) is 0 Å². The van der Waals surface area contributed by atoms with Crippen LogP contribution in [0.1, 0.15) is 89.5 Å². The molecule has 0 N–H and O–H groups in total. The minimum Gasteiger partial charge on any atom is -0.407 e. The Labute approximate surface area is 161 Å². The van der Waals surface area contributed by atoms with Crippen LogP contribution in [0.2, 0.25) is 0 Å². The van der Waals surface area contributed by atoms with E-state index in [9.17, 15) is 0 Å². The molecule has 1 aliphatic heterocycles. The Balaban J connectivity index is 1.45. The van der Waals surface area contributed by atoms with Gasteiger partial charge >= 0.3 is 7.12 Å². The number of unbranched alkanes of at least 4 members (excludes halogenated alkanes) is 2. The van der Waals surface area contributed by atoms with Crippen LogP contribution in [0.3, 0.4) is 0 Å². The molecule has 26 heavy (non-hydrogen) atoms. The molecule has 1 aliphatic carbocycles. The van der Waals surface area contributed by atoms with Gasteiger partial charge in [-0.25, -0.2) is 0 Å². The Morgan fingerprint density at radius 3 is 2.12 bits per heavy atom. The standard InChI is InChI=1S/C23H37BO2/c1-3-5-6-8-20-17-25-24(26-18-20)23-15-13-22(14-16-23)21-11-9-19(7-4-2)10-12-21/h13-16,19-21H,3-12,17-18H2,1-2H3. The fraction of sp³-hybridized carbons (Fsp3) is 0.739. The molecule has 1 aromatic carbocycles. The maximum absolute atomic E-state index is 6.01. The zero-order valence-electron chi connectivity index (χ0n) is 16.9. The van der Waals surface area contributed by atoms with E-state index < -0.39 is 0 Å². The van der Waals surface area contributed by atoms with Gasteiger partial charge in [-0.05, 0) is 55.0 Å². The van der Waals surface area contributed by atoms with E-state index in [-0.39, 0.29) is 7.12 Å². The highest BCUT2D eigenvalue weighted by molar-refractivity contribution is 6.61. The van der Waals surface area contributed by atoms with Crippen LogP contribution in [-0.4, -0.2) is 20.3 Å². The lowest BCUT2D eigenvalue weighted by molar-refractivity contribution is 0.0811. The molecule has 1 saturated carbocycles. The van der Waals surface area contributed by atoms with Gasteiger partial charge in [0.15, 0.2) is 0 Å². The fourth-order valence-electron chi connectivity index (χ4n) is 4.70. The summed E-state index contributed by atoms with van der Waals surface area (Å²) in [4.78, 5) is 0. The lowest BCUT2D eigenvalue weighted by Crippen LogP contribution is -2.44. The molecule has 0 radical (unpaired) electrons. The minimum atomic E-state index is -0.160. The predicted molar refractivity (Wildman–Crippen MR) is 111 cm³/mol. The number of hydrogen-bond acceptors (Lipinski definition) is 2. The molecule has 3 rings (SSSR count). The van der Waals surface area contributed by atoms with E-state index in [4.69, 9.17) is 9.31 Å². The van der Waals surface area contributed by atoms with Gasteiger partial charge in [0.1, 0.15) is 0 Å². The molecule has 0 bridgehead atoms. The maximum atomic E-state index is 6.01. The molecule has 2 fully saturated rings. The number of rotatable bonds is 8. The first-order valence-electron chi connectivity index (χ1n) is 11.1. The van der Waals surface area contributed by atoms with Crippen LogP contribution < -0.4 is 5.46 Å². The first-order valence-corrected chi connectivity index (χ1v) is 11.1. The molecule has 2 nitrogen and oxygen atoms in total. The van der Waals surface area contributed by atoms with Gasteiger partial charge in [0.05, 0.1) is 0 Å². The van der Waals surface area contributed by atoms with E-state index >= 15 is 0 Å². The van der Waals surface area contributed by atoms with Crippen molar-refractivity contribution in [3.8, 4) is 0 Å². The van der Waals surface area contributed by atoms with Crippen molar-refractivity contribution in [1.82, 2.24) is 0 Å². The van der Waals surface area contributed by atoms with Gasteiger partial charge in [-0.3, -0.25) is 0 Å². The second kappa shape index (κ2) is 10.5. The number of benzene rings is 1. The smallest absolute Gasteiger partial charge is 0.407 e. The van der Waals surface area contributed by atoms with Crippen LogP contribution in [0.4, 0.5) is 0 Å². The normalized spacial score (nSPS) is 24.8.